The maximum absolute atomic E-state index is 12.8. The summed E-state index contributed by atoms with van der Waals surface area (Å²) >= 11 is 6.24. The zero-order valence-corrected chi connectivity index (χ0v) is 15.0. The second-order valence-corrected chi connectivity index (χ2v) is 6.51. The van der Waals surface area contributed by atoms with Gasteiger partial charge >= 0.3 is 0 Å². The van der Waals surface area contributed by atoms with Crippen LogP contribution in [0.4, 0.5) is 5.69 Å². The van der Waals surface area contributed by atoms with E-state index in [0.29, 0.717) is 27.8 Å². The highest BCUT2D eigenvalue weighted by atomic mass is 35.5. The number of hydrogen-bond acceptors (Lipinski definition) is 3. The first-order valence-electron chi connectivity index (χ1n) is 8.44. The molecule has 2 N–H and O–H groups in total. The van der Waals surface area contributed by atoms with Gasteiger partial charge in [-0.3, -0.25) is 4.79 Å². The molecule has 0 unspecified atom stereocenters. The molecule has 0 aliphatic carbocycles. The number of rotatable bonds is 4. The lowest BCUT2D eigenvalue weighted by molar-refractivity contribution is 0.102. The predicted octanol–water partition coefficient (Wildman–Crippen LogP) is 5.50. The van der Waals surface area contributed by atoms with Crippen molar-refractivity contribution in [3.8, 4) is 11.3 Å². The molecule has 5 heteroatoms. The van der Waals surface area contributed by atoms with E-state index in [1.807, 2.05) is 48.5 Å². The number of aliphatic hydroxyl groups is 1. The van der Waals surface area contributed by atoms with E-state index in [-0.39, 0.29) is 12.5 Å². The Hall–Kier alpha value is -3.08. The first kappa shape index (κ1) is 17.3. The Morgan fingerprint density at radius 1 is 0.963 bits per heavy atom. The second kappa shape index (κ2) is 7.27. The molecule has 4 nitrogen and oxygen atoms in total. The van der Waals surface area contributed by atoms with Gasteiger partial charge in [0.15, 0.2) is 0 Å². The quantitative estimate of drug-likeness (QED) is 0.493. The van der Waals surface area contributed by atoms with Crippen LogP contribution in [0.15, 0.2) is 77.2 Å². The van der Waals surface area contributed by atoms with Crippen molar-refractivity contribution in [1.29, 1.82) is 0 Å². The number of benzene rings is 3. The summed E-state index contributed by atoms with van der Waals surface area (Å²) < 4.78 is 5.56. The number of nitrogens with one attached hydrogen (secondary N) is 1. The summed E-state index contributed by atoms with van der Waals surface area (Å²) in [5.41, 5.74) is 2.02. The molecule has 4 aromatic rings. The minimum absolute atomic E-state index is 0.153. The van der Waals surface area contributed by atoms with Crippen molar-refractivity contribution >= 4 is 34.0 Å². The number of carbonyl (C=O) groups excluding carboxylic acids is 1. The molecule has 0 radical (unpaired) electrons. The normalized spacial score (nSPS) is 10.9. The molecule has 0 saturated heterocycles. The van der Waals surface area contributed by atoms with Gasteiger partial charge in [-0.25, -0.2) is 0 Å². The van der Waals surface area contributed by atoms with Gasteiger partial charge in [-0.15, -0.1) is 0 Å². The SMILES string of the molecule is O=C(Nc1cccc(-c2ccc(CO)o2)c1)c1cccc2c(Cl)cccc12. The minimum atomic E-state index is -0.212. The Balaban J connectivity index is 1.64. The van der Waals surface area contributed by atoms with Crippen molar-refractivity contribution in [2.45, 2.75) is 6.61 Å². The lowest BCUT2D eigenvalue weighted by Crippen LogP contribution is -2.12. The highest BCUT2D eigenvalue weighted by molar-refractivity contribution is 6.36. The number of furan rings is 1. The number of fused-ring (bicyclic) bond motifs is 1. The summed E-state index contributed by atoms with van der Waals surface area (Å²) in [4.78, 5) is 12.8. The highest BCUT2D eigenvalue weighted by Crippen LogP contribution is 2.28. The van der Waals surface area contributed by atoms with Crippen LogP contribution in [0.25, 0.3) is 22.1 Å². The van der Waals surface area contributed by atoms with Crippen molar-refractivity contribution in [2.24, 2.45) is 0 Å². The van der Waals surface area contributed by atoms with Crippen LogP contribution in [0.5, 0.6) is 0 Å². The summed E-state index contributed by atoms with van der Waals surface area (Å²) in [6.45, 7) is -0.153. The fourth-order valence-corrected chi connectivity index (χ4v) is 3.27. The van der Waals surface area contributed by atoms with Crippen molar-refractivity contribution in [2.75, 3.05) is 5.32 Å². The second-order valence-electron chi connectivity index (χ2n) is 6.10. The first-order valence-corrected chi connectivity index (χ1v) is 8.82. The highest BCUT2D eigenvalue weighted by Gasteiger charge is 2.12. The maximum atomic E-state index is 12.8. The number of amides is 1. The largest absolute Gasteiger partial charge is 0.459 e. The standard InChI is InChI=1S/C22H16ClNO3/c23-20-9-3-6-17-18(20)7-2-8-19(17)22(26)24-15-5-1-4-14(12-15)21-11-10-16(13-25)27-21/h1-12,25H,13H2,(H,24,26). The number of carbonyl (C=O) groups is 1. The molecule has 3 aromatic carbocycles. The predicted molar refractivity (Wildman–Crippen MR) is 107 cm³/mol. The van der Waals surface area contributed by atoms with Crippen LogP contribution < -0.4 is 5.32 Å². The molecule has 0 atom stereocenters. The molecule has 0 spiro atoms. The van der Waals surface area contributed by atoms with Crippen LogP contribution in [-0.4, -0.2) is 11.0 Å². The molecule has 4 rings (SSSR count). The van der Waals surface area contributed by atoms with Crippen LogP contribution in [0.3, 0.4) is 0 Å². The van der Waals surface area contributed by atoms with Gasteiger partial charge in [0, 0.05) is 27.2 Å². The zero-order valence-electron chi connectivity index (χ0n) is 14.3. The Morgan fingerprint density at radius 2 is 1.74 bits per heavy atom. The van der Waals surface area contributed by atoms with Gasteiger partial charge < -0.3 is 14.8 Å². The molecule has 1 heterocycles. The third kappa shape index (κ3) is 3.45. The van der Waals surface area contributed by atoms with E-state index < -0.39 is 0 Å². The Kier molecular flexibility index (Phi) is 4.67. The number of aliphatic hydroxyl groups excluding tert-OH is 1. The third-order valence-corrected chi connectivity index (χ3v) is 4.67. The van der Waals surface area contributed by atoms with Gasteiger partial charge in [0.25, 0.3) is 5.91 Å². The topological polar surface area (TPSA) is 62.5 Å². The van der Waals surface area contributed by atoms with Gasteiger partial charge in [0.2, 0.25) is 0 Å². The van der Waals surface area contributed by atoms with Crippen molar-refractivity contribution in [1.82, 2.24) is 0 Å². The lowest BCUT2D eigenvalue weighted by Gasteiger charge is -2.10. The molecule has 0 fully saturated rings. The molecular weight excluding hydrogens is 362 g/mol. The van der Waals surface area contributed by atoms with E-state index in [9.17, 15) is 4.79 Å². The maximum Gasteiger partial charge on any atom is 0.256 e. The van der Waals surface area contributed by atoms with Crippen LogP contribution in [0.2, 0.25) is 5.02 Å². The Morgan fingerprint density at radius 3 is 2.56 bits per heavy atom. The summed E-state index contributed by atoms with van der Waals surface area (Å²) in [6, 6.07) is 21.9. The van der Waals surface area contributed by atoms with Crippen LogP contribution >= 0.6 is 11.6 Å². The monoisotopic (exact) mass is 377 g/mol. The molecule has 0 bridgehead atoms. The van der Waals surface area contributed by atoms with E-state index in [1.54, 1.807) is 24.3 Å². The van der Waals surface area contributed by atoms with Gasteiger partial charge in [0.05, 0.1) is 0 Å². The third-order valence-electron chi connectivity index (χ3n) is 4.34. The van der Waals surface area contributed by atoms with Gasteiger partial charge in [-0.2, -0.15) is 0 Å². The van der Waals surface area contributed by atoms with E-state index in [1.165, 1.54) is 0 Å². The van der Waals surface area contributed by atoms with Gasteiger partial charge in [-0.05, 0) is 41.8 Å². The molecule has 27 heavy (non-hydrogen) atoms. The molecule has 1 aromatic heterocycles. The molecule has 134 valence electrons. The van der Waals surface area contributed by atoms with Gasteiger partial charge in [-0.1, -0.05) is 48.0 Å². The molecule has 1 amide bonds. The smallest absolute Gasteiger partial charge is 0.256 e. The average molecular weight is 378 g/mol. The van der Waals surface area contributed by atoms with Gasteiger partial charge in [0.1, 0.15) is 18.1 Å². The first-order chi connectivity index (χ1) is 13.2. The Bertz CT molecular complexity index is 1130. The van der Waals surface area contributed by atoms with E-state index >= 15 is 0 Å². The van der Waals surface area contributed by atoms with E-state index in [2.05, 4.69) is 5.32 Å². The molecule has 0 aliphatic rings. The van der Waals surface area contributed by atoms with Crippen molar-refractivity contribution in [3.63, 3.8) is 0 Å². The zero-order chi connectivity index (χ0) is 18.8. The summed E-state index contributed by atoms with van der Waals surface area (Å²) in [6.07, 6.45) is 0. The van der Waals surface area contributed by atoms with Crippen LogP contribution in [0.1, 0.15) is 16.1 Å². The fraction of sp³-hybridized carbons (Fsp3) is 0.0455. The fourth-order valence-electron chi connectivity index (χ4n) is 3.04. The lowest BCUT2D eigenvalue weighted by atomic mass is 10.0. The summed E-state index contributed by atoms with van der Waals surface area (Å²) in [5, 5.41) is 14.3. The number of halogens is 1. The van der Waals surface area contributed by atoms with E-state index in [4.69, 9.17) is 21.1 Å². The Labute approximate surface area is 161 Å². The minimum Gasteiger partial charge on any atom is -0.459 e. The summed E-state index contributed by atoms with van der Waals surface area (Å²) in [7, 11) is 0. The molecular formula is C22H16ClNO3. The summed E-state index contributed by atoms with van der Waals surface area (Å²) in [5.74, 6) is 0.912. The number of anilines is 1. The number of hydrogen-bond donors (Lipinski definition) is 2. The van der Waals surface area contributed by atoms with Crippen LogP contribution in [0, 0.1) is 0 Å². The van der Waals surface area contributed by atoms with Crippen molar-refractivity contribution in [3.05, 3.63) is 89.1 Å². The molecule has 0 saturated carbocycles. The molecule has 0 aliphatic heterocycles. The average Bonchev–Trinajstić information content (AvgIpc) is 3.17. The van der Waals surface area contributed by atoms with Crippen molar-refractivity contribution < 1.29 is 14.3 Å². The van der Waals surface area contributed by atoms with E-state index in [0.717, 1.165) is 16.3 Å². The van der Waals surface area contributed by atoms with Crippen LogP contribution in [-0.2, 0) is 6.61 Å².